The molecule has 6 aromatic carbocycles. The number of benzene rings is 6. The molecule has 0 N–H and O–H groups in total. The van der Waals surface area contributed by atoms with Gasteiger partial charge in [-0.1, -0.05) is 72.8 Å². The van der Waals surface area contributed by atoms with Crippen molar-refractivity contribution in [2.24, 2.45) is 0 Å². The molecule has 0 amide bonds. The van der Waals surface area contributed by atoms with Gasteiger partial charge >= 0.3 is 0 Å². The van der Waals surface area contributed by atoms with Crippen molar-refractivity contribution in [2.45, 2.75) is 12.3 Å². The summed E-state index contributed by atoms with van der Waals surface area (Å²) in [7, 11) is 0. The van der Waals surface area contributed by atoms with E-state index >= 15 is 0 Å². The summed E-state index contributed by atoms with van der Waals surface area (Å²) in [6.07, 6.45) is 1.83. The van der Waals surface area contributed by atoms with E-state index in [1.54, 1.807) is 0 Å². The average molecular weight is 606 g/mol. The third-order valence-corrected chi connectivity index (χ3v) is 9.88. The maximum Gasteiger partial charge on any atom is 0.178 e. The Bertz CT molecular complexity index is 2530. The van der Waals surface area contributed by atoms with Gasteiger partial charge in [-0.15, -0.1) is 0 Å². The van der Waals surface area contributed by atoms with Crippen molar-refractivity contribution in [1.82, 2.24) is 4.98 Å². The van der Waals surface area contributed by atoms with Crippen LogP contribution in [0, 0.1) is 0 Å². The zero-order valence-electron chi connectivity index (χ0n) is 25.5. The number of para-hydroxylation sites is 2. The lowest BCUT2D eigenvalue weighted by Crippen LogP contribution is -2.22. The van der Waals surface area contributed by atoms with Crippen molar-refractivity contribution in [3.63, 3.8) is 0 Å². The molecule has 0 spiro atoms. The highest BCUT2D eigenvalue weighted by Gasteiger charge is 2.44. The SMILES string of the molecule is CC1(c2ccccc2)c2cc(-c3ccc4oc5ccc(-c6ccccn6)cc5c4c3)ccc2-c2c1ccc1c2Oc2ccccc2O1. The van der Waals surface area contributed by atoms with Crippen LogP contribution in [0.4, 0.5) is 0 Å². The molecule has 1 atom stereocenters. The fourth-order valence-electron chi connectivity index (χ4n) is 7.51. The number of furan rings is 1. The minimum Gasteiger partial charge on any atom is -0.456 e. The number of nitrogens with zero attached hydrogens (tertiary/aromatic N) is 1. The van der Waals surface area contributed by atoms with Crippen molar-refractivity contribution in [1.29, 1.82) is 0 Å². The molecule has 2 aliphatic rings. The van der Waals surface area contributed by atoms with Crippen LogP contribution < -0.4 is 9.47 Å². The molecule has 10 rings (SSSR count). The van der Waals surface area contributed by atoms with Crippen molar-refractivity contribution in [2.75, 3.05) is 0 Å². The third-order valence-electron chi connectivity index (χ3n) is 9.88. The maximum absolute atomic E-state index is 6.60. The number of ether oxygens (including phenoxy) is 2. The van der Waals surface area contributed by atoms with E-state index in [2.05, 4.69) is 103 Å². The van der Waals surface area contributed by atoms with Crippen LogP contribution in [0.1, 0.15) is 23.6 Å². The first-order valence-corrected chi connectivity index (χ1v) is 15.9. The Morgan fingerprint density at radius 2 is 1.21 bits per heavy atom. The summed E-state index contributed by atoms with van der Waals surface area (Å²) in [5.74, 6) is 2.96. The lowest BCUT2D eigenvalue weighted by atomic mass is 9.74. The molecule has 0 radical (unpaired) electrons. The predicted molar refractivity (Wildman–Crippen MR) is 186 cm³/mol. The van der Waals surface area contributed by atoms with Crippen molar-refractivity contribution in [3.05, 3.63) is 162 Å². The Morgan fingerprint density at radius 1 is 0.532 bits per heavy atom. The second kappa shape index (κ2) is 9.68. The molecule has 1 aliphatic heterocycles. The molecule has 1 aliphatic carbocycles. The van der Waals surface area contributed by atoms with Crippen molar-refractivity contribution in [3.8, 4) is 56.5 Å². The van der Waals surface area contributed by atoms with Crippen LogP contribution in [-0.2, 0) is 5.41 Å². The quantitative estimate of drug-likeness (QED) is 0.201. The van der Waals surface area contributed by atoms with Crippen LogP contribution in [0.25, 0.3) is 55.4 Å². The summed E-state index contributed by atoms with van der Waals surface area (Å²) >= 11 is 0. The first-order chi connectivity index (χ1) is 23.1. The Hall–Kier alpha value is -6.13. The first kappa shape index (κ1) is 26.1. The predicted octanol–water partition coefficient (Wildman–Crippen LogP) is 11.5. The van der Waals surface area contributed by atoms with Crippen molar-refractivity contribution >= 4 is 21.9 Å². The Kier molecular flexibility index (Phi) is 5.38. The number of rotatable bonds is 3. The zero-order chi connectivity index (χ0) is 31.1. The summed E-state index contributed by atoms with van der Waals surface area (Å²) in [5.41, 5.74) is 11.5. The van der Waals surface area contributed by atoms with Crippen LogP contribution in [0.5, 0.6) is 23.0 Å². The Balaban J connectivity index is 1.15. The highest BCUT2D eigenvalue weighted by molar-refractivity contribution is 6.07. The van der Waals surface area contributed by atoms with E-state index in [9.17, 15) is 0 Å². The maximum atomic E-state index is 6.60. The molecule has 8 aromatic rings. The fourth-order valence-corrected chi connectivity index (χ4v) is 7.51. The molecule has 2 aromatic heterocycles. The van der Waals surface area contributed by atoms with Gasteiger partial charge in [0, 0.05) is 33.5 Å². The Morgan fingerprint density at radius 3 is 2.00 bits per heavy atom. The highest BCUT2D eigenvalue weighted by atomic mass is 16.6. The van der Waals surface area contributed by atoms with Gasteiger partial charge < -0.3 is 13.9 Å². The number of fused-ring (bicyclic) bond motifs is 9. The van der Waals surface area contributed by atoms with Crippen LogP contribution in [0.15, 0.2) is 150 Å². The normalized spacial score (nSPS) is 15.8. The minimum atomic E-state index is -0.401. The van der Waals surface area contributed by atoms with Gasteiger partial charge in [0.1, 0.15) is 11.2 Å². The van der Waals surface area contributed by atoms with Gasteiger partial charge in [-0.3, -0.25) is 4.98 Å². The molecule has 3 heterocycles. The summed E-state index contributed by atoms with van der Waals surface area (Å²) in [5, 5.41) is 2.17. The molecule has 222 valence electrons. The van der Waals surface area contributed by atoms with Gasteiger partial charge in [-0.05, 0) is 107 Å². The summed E-state index contributed by atoms with van der Waals surface area (Å²) in [4.78, 5) is 4.56. The van der Waals surface area contributed by atoms with Gasteiger partial charge in [-0.25, -0.2) is 0 Å². The van der Waals surface area contributed by atoms with E-state index in [0.717, 1.165) is 78.4 Å². The topological polar surface area (TPSA) is 44.5 Å². The number of pyridine rings is 1. The van der Waals surface area contributed by atoms with Gasteiger partial charge in [0.15, 0.2) is 23.0 Å². The lowest BCUT2D eigenvalue weighted by molar-refractivity contribution is 0.360. The molecular weight excluding hydrogens is 578 g/mol. The zero-order valence-corrected chi connectivity index (χ0v) is 25.5. The van der Waals surface area contributed by atoms with Crippen LogP contribution in [-0.4, -0.2) is 4.98 Å². The first-order valence-electron chi connectivity index (χ1n) is 15.9. The highest BCUT2D eigenvalue weighted by Crippen LogP contribution is 2.60. The molecule has 4 nitrogen and oxygen atoms in total. The van der Waals surface area contributed by atoms with Crippen LogP contribution in [0.3, 0.4) is 0 Å². The van der Waals surface area contributed by atoms with E-state index < -0.39 is 5.41 Å². The molecule has 0 fully saturated rings. The van der Waals surface area contributed by atoms with Gasteiger partial charge in [0.25, 0.3) is 0 Å². The molecule has 0 saturated carbocycles. The van der Waals surface area contributed by atoms with E-state index in [4.69, 9.17) is 13.9 Å². The second-order valence-corrected chi connectivity index (χ2v) is 12.5. The lowest BCUT2D eigenvalue weighted by Gasteiger charge is -2.29. The smallest absolute Gasteiger partial charge is 0.178 e. The van der Waals surface area contributed by atoms with E-state index in [1.165, 1.54) is 16.7 Å². The largest absolute Gasteiger partial charge is 0.456 e. The van der Waals surface area contributed by atoms with Gasteiger partial charge in [0.05, 0.1) is 5.69 Å². The summed E-state index contributed by atoms with van der Waals surface area (Å²) in [6, 6.07) is 48.5. The molecular formula is C43H27NO3. The van der Waals surface area contributed by atoms with E-state index in [-0.39, 0.29) is 0 Å². The van der Waals surface area contributed by atoms with Gasteiger partial charge in [-0.2, -0.15) is 0 Å². The standard InChI is InChI=1S/C43H27NO3/c1-43(29-9-3-2-4-10-29)33-18-21-40-42(47-39-13-6-5-12-38(39)46-40)41(33)30-17-14-27(25-34(30)43)26-15-19-36-31(23-26)32-24-28(16-20-37(32)45-36)35-11-7-8-22-44-35/h2-25H,1H3. The third kappa shape index (κ3) is 3.79. The van der Waals surface area contributed by atoms with E-state index in [1.807, 2.05) is 54.7 Å². The van der Waals surface area contributed by atoms with Crippen LogP contribution >= 0.6 is 0 Å². The summed E-state index contributed by atoms with van der Waals surface area (Å²) in [6.45, 7) is 2.33. The molecule has 4 heteroatoms. The molecule has 0 bridgehead atoms. The Labute approximate surface area is 271 Å². The second-order valence-electron chi connectivity index (χ2n) is 12.5. The fraction of sp³-hybridized carbons (Fsp3) is 0.0465. The number of hydrogen-bond acceptors (Lipinski definition) is 4. The average Bonchev–Trinajstić information content (AvgIpc) is 3.63. The van der Waals surface area contributed by atoms with Crippen molar-refractivity contribution < 1.29 is 13.9 Å². The molecule has 0 saturated heterocycles. The number of aromatic nitrogens is 1. The molecule has 47 heavy (non-hydrogen) atoms. The van der Waals surface area contributed by atoms with E-state index in [0.29, 0.717) is 0 Å². The number of hydrogen-bond donors (Lipinski definition) is 0. The molecule has 1 unspecified atom stereocenters. The summed E-state index contributed by atoms with van der Waals surface area (Å²) < 4.78 is 19.2. The monoisotopic (exact) mass is 605 g/mol. The minimum absolute atomic E-state index is 0.401. The van der Waals surface area contributed by atoms with Crippen LogP contribution in [0.2, 0.25) is 0 Å². The van der Waals surface area contributed by atoms with Gasteiger partial charge in [0.2, 0.25) is 0 Å².